The average Bonchev–Trinajstić information content (AvgIpc) is 2.49. The fraction of sp³-hybridized carbons (Fsp3) is 0.312. The highest BCUT2D eigenvalue weighted by Crippen LogP contribution is 2.34. The number of halogens is 2. The number of hydrogen-bond donors (Lipinski definition) is 1. The van der Waals surface area contributed by atoms with Crippen LogP contribution in [0.4, 0.5) is 0 Å². The normalized spacial score (nSPS) is 12.4. The molecule has 0 fully saturated rings. The van der Waals surface area contributed by atoms with Crippen molar-refractivity contribution in [2.75, 3.05) is 6.54 Å². The Labute approximate surface area is 147 Å². The third kappa shape index (κ3) is 5.09. The highest BCUT2D eigenvalue weighted by Gasteiger charge is 2.12. The predicted molar refractivity (Wildman–Crippen MR) is 96.9 cm³/mol. The van der Waals surface area contributed by atoms with Crippen LogP contribution in [0.3, 0.4) is 0 Å². The molecule has 0 aliphatic rings. The molecule has 1 N–H and O–H groups in total. The van der Waals surface area contributed by atoms with Crippen LogP contribution in [0.2, 0.25) is 0 Å². The van der Waals surface area contributed by atoms with E-state index >= 15 is 0 Å². The van der Waals surface area contributed by atoms with Crippen molar-refractivity contribution in [3.63, 3.8) is 0 Å². The molecule has 1 aromatic carbocycles. The van der Waals surface area contributed by atoms with Crippen LogP contribution < -0.4 is 5.32 Å². The minimum atomic E-state index is 0.320. The highest BCUT2D eigenvalue weighted by molar-refractivity contribution is 9.10. The summed E-state index contributed by atoms with van der Waals surface area (Å²) in [4.78, 5) is 5.68. The van der Waals surface area contributed by atoms with Gasteiger partial charge < -0.3 is 5.32 Å². The van der Waals surface area contributed by atoms with E-state index < -0.39 is 0 Å². The first kappa shape index (κ1) is 17.0. The molecule has 0 saturated heterocycles. The van der Waals surface area contributed by atoms with Gasteiger partial charge >= 0.3 is 0 Å². The van der Waals surface area contributed by atoms with Gasteiger partial charge in [0.2, 0.25) is 0 Å². The van der Waals surface area contributed by atoms with Crippen molar-refractivity contribution in [2.24, 2.45) is 0 Å². The smallest absolute Gasteiger partial charge is 0.101 e. The third-order valence-electron chi connectivity index (χ3n) is 3.05. The number of nitrogens with zero attached hydrogens (tertiary/aromatic N) is 1. The Balaban J connectivity index is 2.23. The highest BCUT2D eigenvalue weighted by atomic mass is 79.9. The van der Waals surface area contributed by atoms with Crippen LogP contribution in [-0.2, 0) is 0 Å². The molecule has 0 aliphatic heterocycles. The van der Waals surface area contributed by atoms with E-state index in [2.05, 4.69) is 74.2 Å². The number of pyridine rings is 1. The van der Waals surface area contributed by atoms with Gasteiger partial charge in [-0.15, -0.1) is 0 Å². The molecular formula is C16H18Br2N2S. The summed E-state index contributed by atoms with van der Waals surface area (Å²) in [5, 5.41) is 4.55. The number of benzene rings is 1. The van der Waals surface area contributed by atoms with E-state index in [9.17, 15) is 0 Å². The number of rotatable bonds is 6. The molecule has 1 heterocycles. The first-order chi connectivity index (χ1) is 10.1. The molecule has 5 heteroatoms. The Kier molecular flexibility index (Phi) is 6.74. The summed E-state index contributed by atoms with van der Waals surface area (Å²) < 4.78 is 2.11. The van der Waals surface area contributed by atoms with Crippen molar-refractivity contribution in [1.82, 2.24) is 10.3 Å². The minimum absolute atomic E-state index is 0.320. The minimum Gasteiger partial charge on any atom is -0.310 e. The standard InChI is InChI=1S/C16H18Br2N2S/c1-3-8-19-11(2)14-9-12(17)4-6-15(14)21-16-7-5-13(18)10-20-16/h4-7,9-11,19H,3,8H2,1-2H3. The van der Waals surface area contributed by atoms with E-state index in [1.165, 1.54) is 10.5 Å². The number of hydrogen-bond acceptors (Lipinski definition) is 3. The molecular weight excluding hydrogens is 412 g/mol. The van der Waals surface area contributed by atoms with Crippen LogP contribution in [0.1, 0.15) is 31.9 Å². The Hall–Kier alpha value is -0.360. The van der Waals surface area contributed by atoms with E-state index in [0.717, 1.165) is 26.9 Å². The molecule has 2 nitrogen and oxygen atoms in total. The second-order valence-corrected chi connectivity index (χ2v) is 7.67. The lowest BCUT2D eigenvalue weighted by atomic mass is 10.1. The topological polar surface area (TPSA) is 24.9 Å². The Morgan fingerprint density at radius 3 is 2.62 bits per heavy atom. The Bertz CT molecular complexity index is 587. The quantitative estimate of drug-likeness (QED) is 0.626. The zero-order valence-corrected chi connectivity index (χ0v) is 16.1. The fourth-order valence-electron chi connectivity index (χ4n) is 1.96. The monoisotopic (exact) mass is 428 g/mol. The van der Waals surface area contributed by atoms with Gasteiger partial charge in [-0.25, -0.2) is 4.98 Å². The Morgan fingerprint density at radius 1 is 1.19 bits per heavy atom. The maximum Gasteiger partial charge on any atom is 0.101 e. The molecule has 1 unspecified atom stereocenters. The van der Waals surface area contributed by atoms with Crippen LogP contribution >= 0.6 is 43.6 Å². The Morgan fingerprint density at radius 2 is 1.95 bits per heavy atom. The molecule has 2 aromatic rings. The van der Waals surface area contributed by atoms with Crippen molar-refractivity contribution in [3.05, 3.63) is 51.0 Å². The molecule has 0 amide bonds. The van der Waals surface area contributed by atoms with Crippen molar-refractivity contribution < 1.29 is 0 Å². The van der Waals surface area contributed by atoms with Gasteiger partial charge in [0.05, 0.1) is 0 Å². The van der Waals surface area contributed by atoms with Gasteiger partial charge in [-0.2, -0.15) is 0 Å². The fourth-order valence-corrected chi connectivity index (χ4v) is 3.53. The summed E-state index contributed by atoms with van der Waals surface area (Å²) >= 11 is 8.69. The summed E-state index contributed by atoms with van der Waals surface area (Å²) in [5.41, 5.74) is 1.30. The lowest BCUT2D eigenvalue weighted by Gasteiger charge is -2.18. The van der Waals surface area contributed by atoms with Gasteiger partial charge in [0.15, 0.2) is 0 Å². The maximum absolute atomic E-state index is 4.44. The third-order valence-corrected chi connectivity index (χ3v) is 5.06. The molecule has 112 valence electrons. The summed E-state index contributed by atoms with van der Waals surface area (Å²) in [6, 6.07) is 10.8. The van der Waals surface area contributed by atoms with E-state index in [4.69, 9.17) is 0 Å². The largest absolute Gasteiger partial charge is 0.310 e. The van der Waals surface area contributed by atoms with Crippen LogP contribution in [0.5, 0.6) is 0 Å². The van der Waals surface area contributed by atoms with E-state index in [0.29, 0.717) is 6.04 Å². The van der Waals surface area contributed by atoms with Gasteiger partial charge in [-0.3, -0.25) is 0 Å². The molecule has 0 aliphatic carbocycles. The summed E-state index contributed by atoms with van der Waals surface area (Å²) in [5.74, 6) is 0. The van der Waals surface area contributed by atoms with Gasteiger partial charge in [-0.1, -0.05) is 34.6 Å². The molecule has 2 rings (SSSR count). The van der Waals surface area contributed by atoms with Gasteiger partial charge in [0.25, 0.3) is 0 Å². The summed E-state index contributed by atoms with van der Waals surface area (Å²) in [7, 11) is 0. The van der Waals surface area contributed by atoms with Crippen LogP contribution in [-0.4, -0.2) is 11.5 Å². The molecule has 0 saturated carbocycles. The average molecular weight is 430 g/mol. The number of aromatic nitrogens is 1. The van der Waals surface area contributed by atoms with Gasteiger partial charge in [-0.05, 0) is 71.7 Å². The second-order valence-electron chi connectivity index (χ2n) is 4.77. The lowest BCUT2D eigenvalue weighted by Crippen LogP contribution is -2.19. The zero-order valence-electron chi connectivity index (χ0n) is 12.1. The van der Waals surface area contributed by atoms with Crippen LogP contribution in [0, 0.1) is 0 Å². The molecule has 21 heavy (non-hydrogen) atoms. The summed E-state index contributed by atoms with van der Waals surface area (Å²) in [6.45, 7) is 5.41. The maximum atomic E-state index is 4.44. The lowest BCUT2D eigenvalue weighted by molar-refractivity contribution is 0.563. The van der Waals surface area contributed by atoms with Gasteiger partial charge in [0.1, 0.15) is 5.03 Å². The van der Waals surface area contributed by atoms with E-state index in [1.54, 1.807) is 11.8 Å². The van der Waals surface area contributed by atoms with E-state index in [1.807, 2.05) is 18.3 Å². The molecule has 1 aromatic heterocycles. The first-order valence-corrected chi connectivity index (χ1v) is 9.32. The SMILES string of the molecule is CCCNC(C)c1cc(Br)ccc1Sc1ccc(Br)cn1. The van der Waals surface area contributed by atoms with Gasteiger partial charge in [0, 0.05) is 26.1 Å². The zero-order chi connectivity index (χ0) is 15.2. The molecule has 1 atom stereocenters. The molecule has 0 spiro atoms. The predicted octanol–water partition coefficient (Wildman–Crippen LogP) is 5.82. The van der Waals surface area contributed by atoms with Crippen molar-refractivity contribution >= 4 is 43.6 Å². The van der Waals surface area contributed by atoms with E-state index in [-0.39, 0.29) is 0 Å². The van der Waals surface area contributed by atoms with Crippen molar-refractivity contribution in [2.45, 2.75) is 36.2 Å². The van der Waals surface area contributed by atoms with Crippen LogP contribution in [0.15, 0.2) is 55.4 Å². The molecule has 0 bridgehead atoms. The second kappa shape index (κ2) is 8.32. The van der Waals surface area contributed by atoms with Crippen molar-refractivity contribution in [3.8, 4) is 0 Å². The van der Waals surface area contributed by atoms with Crippen LogP contribution in [0.25, 0.3) is 0 Å². The number of nitrogens with one attached hydrogen (secondary N) is 1. The molecule has 0 radical (unpaired) electrons. The first-order valence-electron chi connectivity index (χ1n) is 6.92. The summed E-state index contributed by atoms with van der Waals surface area (Å²) in [6.07, 6.45) is 2.97. The van der Waals surface area contributed by atoms with Crippen molar-refractivity contribution in [1.29, 1.82) is 0 Å².